The van der Waals surface area contributed by atoms with Gasteiger partial charge in [-0.3, -0.25) is 0 Å². The van der Waals surface area contributed by atoms with E-state index < -0.39 is 0 Å². The van der Waals surface area contributed by atoms with Gasteiger partial charge in [-0.25, -0.2) is 0 Å². The first-order chi connectivity index (χ1) is 11.4. The normalized spacial score (nSPS) is 20.9. The summed E-state index contributed by atoms with van der Waals surface area (Å²) in [6.45, 7) is 0. The van der Waals surface area contributed by atoms with E-state index >= 15 is 0 Å². The molecule has 2 fully saturated rings. The molecule has 2 saturated carbocycles. The summed E-state index contributed by atoms with van der Waals surface area (Å²) in [5, 5.41) is 0. The highest BCUT2D eigenvalue weighted by Crippen LogP contribution is 2.43. The van der Waals surface area contributed by atoms with Crippen LogP contribution in [0.25, 0.3) is 11.1 Å². The van der Waals surface area contributed by atoms with E-state index in [2.05, 4.69) is 36.4 Å². The van der Waals surface area contributed by atoms with Gasteiger partial charge in [0.2, 0.25) is 0 Å². The zero-order valence-electron chi connectivity index (χ0n) is 14.0. The van der Waals surface area contributed by atoms with E-state index in [1.54, 1.807) is 22.3 Å². The molecule has 0 radical (unpaired) electrons. The molecule has 2 aromatic carbocycles. The fourth-order valence-corrected chi connectivity index (χ4v) is 5.28. The third-order valence-corrected chi connectivity index (χ3v) is 6.58. The van der Waals surface area contributed by atoms with Crippen LogP contribution in [0.1, 0.15) is 85.5 Å². The third kappa shape index (κ3) is 2.35. The molecule has 23 heavy (non-hydrogen) atoms. The molecule has 0 bridgehead atoms. The van der Waals surface area contributed by atoms with Gasteiger partial charge in [-0.1, -0.05) is 62.1 Å². The van der Waals surface area contributed by atoms with E-state index in [4.69, 9.17) is 0 Å². The van der Waals surface area contributed by atoms with Gasteiger partial charge in [-0.2, -0.15) is 0 Å². The number of hydrogen-bond acceptors (Lipinski definition) is 0. The molecule has 0 saturated heterocycles. The average Bonchev–Trinajstić information content (AvgIpc) is 3.32. The van der Waals surface area contributed by atoms with Gasteiger partial charge in [0.15, 0.2) is 0 Å². The highest BCUT2D eigenvalue weighted by molar-refractivity contribution is 5.77. The molecule has 0 unspecified atom stereocenters. The standard InChI is InChI=1S/C23H26/c1-2-6-16(5-1)18-9-11-22-20(13-18)15-21-14-19(10-12-23(21)22)17-7-3-4-8-17/h9-14,16-17H,1-8,15H2. The quantitative estimate of drug-likeness (QED) is 0.502. The van der Waals surface area contributed by atoms with Crippen molar-refractivity contribution in [1.29, 1.82) is 0 Å². The summed E-state index contributed by atoms with van der Waals surface area (Å²) < 4.78 is 0. The molecule has 3 aliphatic carbocycles. The zero-order valence-corrected chi connectivity index (χ0v) is 14.0. The van der Waals surface area contributed by atoms with Gasteiger partial charge in [-0.05, 0) is 77.3 Å². The number of fused-ring (bicyclic) bond motifs is 3. The predicted molar refractivity (Wildman–Crippen MR) is 97.1 cm³/mol. The summed E-state index contributed by atoms with van der Waals surface area (Å²) in [7, 11) is 0. The largest absolute Gasteiger partial charge is 0.0581 e. The highest BCUT2D eigenvalue weighted by Gasteiger charge is 2.24. The van der Waals surface area contributed by atoms with Crippen LogP contribution in [0.4, 0.5) is 0 Å². The first kappa shape index (κ1) is 13.8. The molecule has 0 aliphatic heterocycles. The van der Waals surface area contributed by atoms with Crippen LogP contribution >= 0.6 is 0 Å². The van der Waals surface area contributed by atoms with E-state index in [9.17, 15) is 0 Å². The molecule has 118 valence electrons. The predicted octanol–water partition coefficient (Wildman–Crippen LogP) is 6.57. The Hall–Kier alpha value is -1.56. The fourth-order valence-electron chi connectivity index (χ4n) is 5.28. The summed E-state index contributed by atoms with van der Waals surface area (Å²) in [4.78, 5) is 0. The lowest BCUT2D eigenvalue weighted by molar-refractivity contribution is 0.721. The molecular weight excluding hydrogens is 276 g/mol. The second kappa shape index (κ2) is 5.51. The van der Waals surface area contributed by atoms with Crippen molar-refractivity contribution in [1.82, 2.24) is 0 Å². The van der Waals surface area contributed by atoms with Crippen LogP contribution < -0.4 is 0 Å². The van der Waals surface area contributed by atoms with Gasteiger partial charge >= 0.3 is 0 Å². The molecule has 5 rings (SSSR count). The summed E-state index contributed by atoms with van der Waals surface area (Å²) in [5.41, 5.74) is 9.36. The van der Waals surface area contributed by atoms with Gasteiger partial charge in [0.05, 0.1) is 0 Å². The van der Waals surface area contributed by atoms with Crippen molar-refractivity contribution in [2.45, 2.75) is 69.6 Å². The highest BCUT2D eigenvalue weighted by atomic mass is 14.3. The molecular formula is C23H26. The van der Waals surface area contributed by atoms with E-state index in [0.29, 0.717) is 0 Å². The lowest BCUT2D eigenvalue weighted by Crippen LogP contribution is -1.94. The topological polar surface area (TPSA) is 0 Å². The molecule has 0 amide bonds. The van der Waals surface area contributed by atoms with E-state index in [0.717, 1.165) is 18.3 Å². The molecule has 2 aromatic rings. The SMILES string of the molecule is c1cc2c(cc1C1CCCC1)Cc1cc(C3CCCC3)ccc1-2. The summed E-state index contributed by atoms with van der Waals surface area (Å²) in [5.74, 6) is 1.66. The smallest absolute Gasteiger partial charge is 0.00132 e. The maximum Gasteiger partial charge on any atom is -0.00132 e. The lowest BCUT2D eigenvalue weighted by Gasteiger charge is -2.12. The molecule has 0 aromatic heterocycles. The first-order valence-corrected chi connectivity index (χ1v) is 9.64. The fraction of sp³-hybridized carbons (Fsp3) is 0.478. The first-order valence-electron chi connectivity index (χ1n) is 9.64. The maximum absolute atomic E-state index is 2.53. The molecule has 0 N–H and O–H groups in total. The number of benzene rings is 2. The second-order valence-corrected chi connectivity index (χ2v) is 7.97. The van der Waals surface area contributed by atoms with Crippen molar-refractivity contribution in [3.63, 3.8) is 0 Å². The van der Waals surface area contributed by atoms with Crippen LogP contribution in [0.5, 0.6) is 0 Å². The lowest BCUT2D eigenvalue weighted by atomic mass is 9.93. The third-order valence-electron chi connectivity index (χ3n) is 6.58. The van der Waals surface area contributed by atoms with Gasteiger partial charge in [0.25, 0.3) is 0 Å². The molecule has 0 atom stereocenters. The van der Waals surface area contributed by atoms with Crippen LogP contribution in [0, 0.1) is 0 Å². The molecule has 0 heteroatoms. The molecule has 0 spiro atoms. The van der Waals surface area contributed by atoms with E-state index in [1.807, 2.05) is 0 Å². The minimum atomic E-state index is 0.832. The molecule has 3 aliphatic rings. The van der Waals surface area contributed by atoms with E-state index in [1.165, 1.54) is 62.5 Å². The minimum absolute atomic E-state index is 0.832. The van der Waals surface area contributed by atoms with Crippen LogP contribution in [0.15, 0.2) is 36.4 Å². The maximum atomic E-state index is 2.53. The summed E-state index contributed by atoms with van der Waals surface area (Å²) >= 11 is 0. The van der Waals surface area contributed by atoms with Crippen LogP contribution in [0.3, 0.4) is 0 Å². The van der Waals surface area contributed by atoms with Crippen LogP contribution in [-0.2, 0) is 6.42 Å². The Morgan fingerprint density at radius 2 is 1.00 bits per heavy atom. The van der Waals surface area contributed by atoms with Crippen molar-refractivity contribution in [2.24, 2.45) is 0 Å². The van der Waals surface area contributed by atoms with Crippen molar-refractivity contribution >= 4 is 0 Å². The van der Waals surface area contributed by atoms with Gasteiger partial charge < -0.3 is 0 Å². The Morgan fingerprint density at radius 3 is 1.43 bits per heavy atom. The van der Waals surface area contributed by atoms with Crippen LogP contribution in [-0.4, -0.2) is 0 Å². The Balaban J connectivity index is 1.47. The monoisotopic (exact) mass is 302 g/mol. The average molecular weight is 302 g/mol. The summed E-state index contributed by atoms with van der Waals surface area (Å²) in [6, 6.07) is 14.7. The Kier molecular flexibility index (Phi) is 3.32. The molecule has 0 nitrogen and oxygen atoms in total. The minimum Gasteiger partial charge on any atom is -0.0581 e. The van der Waals surface area contributed by atoms with E-state index in [-0.39, 0.29) is 0 Å². The second-order valence-electron chi connectivity index (χ2n) is 7.97. The Labute approximate surface area is 139 Å². The Morgan fingerprint density at radius 1 is 0.565 bits per heavy atom. The van der Waals surface area contributed by atoms with Crippen molar-refractivity contribution in [3.8, 4) is 11.1 Å². The zero-order chi connectivity index (χ0) is 15.2. The summed E-state index contributed by atoms with van der Waals surface area (Å²) in [6.07, 6.45) is 12.5. The van der Waals surface area contributed by atoms with Gasteiger partial charge in [-0.15, -0.1) is 0 Å². The van der Waals surface area contributed by atoms with Crippen molar-refractivity contribution in [3.05, 3.63) is 58.7 Å². The van der Waals surface area contributed by atoms with Crippen molar-refractivity contribution < 1.29 is 0 Å². The number of rotatable bonds is 2. The van der Waals surface area contributed by atoms with Crippen molar-refractivity contribution in [2.75, 3.05) is 0 Å². The number of hydrogen-bond donors (Lipinski definition) is 0. The van der Waals surface area contributed by atoms with Gasteiger partial charge in [0.1, 0.15) is 0 Å². The Bertz CT molecular complexity index is 664. The van der Waals surface area contributed by atoms with Gasteiger partial charge in [0, 0.05) is 0 Å². The molecule has 0 heterocycles. The van der Waals surface area contributed by atoms with Crippen LogP contribution in [0.2, 0.25) is 0 Å².